The van der Waals surface area contributed by atoms with Gasteiger partial charge in [-0.1, -0.05) is 12.1 Å². The van der Waals surface area contributed by atoms with Gasteiger partial charge in [0.1, 0.15) is 0 Å². The summed E-state index contributed by atoms with van der Waals surface area (Å²) >= 11 is 1.64. The zero-order chi connectivity index (χ0) is 25.1. The predicted molar refractivity (Wildman–Crippen MR) is 144 cm³/mol. The van der Waals surface area contributed by atoms with E-state index in [0.29, 0.717) is 16.9 Å². The van der Waals surface area contributed by atoms with Crippen molar-refractivity contribution in [2.45, 2.75) is 25.7 Å². The number of nitrogens with zero attached hydrogens (tertiary/aromatic N) is 3. The third-order valence-corrected chi connectivity index (χ3v) is 8.29. The van der Waals surface area contributed by atoms with Crippen LogP contribution in [0.3, 0.4) is 0 Å². The van der Waals surface area contributed by atoms with Gasteiger partial charge in [-0.3, -0.25) is 9.78 Å². The van der Waals surface area contributed by atoms with E-state index in [-0.39, 0.29) is 17.4 Å². The van der Waals surface area contributed by atoms with E-state index in [4.69, 9.17) is 11.5 Å². The molecule has 0 bridgehead atoms. The highest BCUT2D eigenvalue weighted by Crippen LogP contribution is 2.38. The van der Waals surface area contributed by atoms with E-state index >= 15 is 0 Å². The van der Waals surface area contributed by atoms with Gasteiger partial charge in [0, 0.05) is 54.8 Å². The summed E-state index contributed by atoms with van der Waals surface area (Å²) in [6.45, 7) is 4.48. The number of aromatic nitrogens is 1. The minimum atomic E-state index is -0.310. The molecule has 1 aromatic carbocycles. The molecule has 2 fully saturated rings. The Morgan fingerprint density at radius 2 is 2.00 bits per heavy atom. The number of nitrogens with two attached hydrogens (primary N) is 2. The van der Waals surface area contributed by atoms with Crippen molar-refractivity contribution in [3.05, 3.63) is 65.3 Å². The third kappa shape index (κ3) is 5.37. The molecule has 8 nitrogen and oxygen atoms in total. The molecule has 0 saturated carbocycles. The third-order valence-electron chi connectivity index (χ3n) is 7.37. The molecule has 36 heavy (non-hydrogen) atoms. The summed E-state index contributed by atoms with van der Waals surface area (Å²) in [6, 6.07) is 13.1. The predicted octanol–water partition coefficient (Wildman–Crippen LogP) is 4.05. The van der Waals surface area contributed by atoms with Gasteiger partial charge in [0.05, 0.1) is 16.9 Å². The van der Waals surface area contributed by atoms with E-state index in [9.17, 15) is 9.59 Å². The van der Waals surface area contributed by atoms with Crippen molar-refractivity contribution in [1.29, 1.82) is 0 Å². The van der Waals surface area contributed by atoms with Crippen LogP contribution >= 0.6 is 11.3 Å². The first-order valence-corrected chi connectivity index (χ1v) is 13.3. The van der Waals surface area contributed by atoms with E-state index in [1.54, 1.807) is 22.4 Å². The fraction of sp³-hybridized carbons (Fsp3) is 0.370. The molecular weight excluding hydrogens is 472 g/mol. The molecule has 0 aliphatic carbocycles. The molecule has 2 aliphatic heterocycles. The van der Waals surface area contributed by atoms with Gasteiger partial charge >= 0.3 is 6.03 Å². The lowest BCUT2D eigenvalue weighted by molar-refractivity contribution is 0.0964. The smallest absolute Gasteiger partial charge is 0.314 e. The zero-order valence-electron chi connectivity index (χ0n) is 20.3. The molecule has 3 amide bonds. The van der Waals surface area contributed by atoms with Gasteiger partial charge in [0.2, 0.25) is 0 Å². The molecule has 188 valence electrons. The van der Waals surface area contributed by atoms with Crippen molar-refractivity contribution < 1.29 is 9.59 Å². The van der Waals surface area contributed by atoms with Crippen LogP contribution in [-0.2, 0) is 6.42 Å². The molecule has 1 unspecified atom stereocenters. The van der Waals surface area contributed by atoms with Crippen molar-refractivity contribution in [3.63, 3.8) is 0 Å². The molecule has 4 heterocycles. The van der Waals surface area contributed by atoms with Gasteiger partial charge in [-0.25, -0.2) is 4.79 Å². The fourth-order valence-corrected chi connectivity index (χ4v) is 6.12. The fourth-order valence-electron chi connectivity index (χ4n) is 5.39. The Morgan fingerprint density at radius 3 is 2.72 bits per heavy atom. The second kappa shape index (κ2) is 10.3. The highest BCUT2D eigenvalue weighted by molar-refractivity contribution is 7.13. The summed E-state index contributed by atoms with van der Waals surface area (Å²) in [6.07, 6.45) is 5.75. The number of hydrogen-bond donors (Lipinski definition) is 3. The van der Waals surface area contributed by atoms with E-state index < -0.39 is 0 Å². The Balaban J connectivity index is 1.16. The van der Waals surface area contributed by atoms with Gasteiger partial charge in [-0.15, -0.1) is 11.3 Å². The van der Waals surface area contributed by atoms with Crippen LogP contribution in [-0.4, -0.2) is 59.4 Å². The van der Waals surface area contributed by atoms with Gasteiger partial charge in [-0.05, 0) is 67.1 Å². The van der Waals surface area contributed by atoms with Crippen molar-refractivity contribution in [2.24, 2.45) is 11.1 Å². The lowest BCUT2D eigenvalue weighted by Gasteiger charge is -2.40. The average molecular weight is 505 g/mol. The van der Waals surface area contributed by atoms with Gasteiger partial charge in [-0.2, -0.15) is 0 Å². The second-order valence-corrected chi connectivity index (χ2v) is 10.9. The number of amides is 3. The second-order valence-electron chi connectivity index (χ2n) is 9.91. The summed E-state index contributed by atoms with van der Waals surface area (Å²) in [5.41, 5.74) is 15.4. The number of urea groups is 1. The lowest BCUT2D eigenvalue weighted by atomic mass is 9.79. The first-order chi connectivity index (χ1) is 17.4. The minimum absolute atomic E-state index is 0.172. The number of nitrogens with one attached hydrogen (secondary N) is 1. The van der Waals surface area contributed by atoms with Crippen LogP contribution in [0.15, 0.2) is 54.0 Å². The Hall–Kier alpha value is -3.43. The number of piperidine rings is 1. The number of hydrogen-bond acceptors (Lipinski definition) is 6. The monoisotopic (exact) mass is 504 g/mol. The molecule has 2 saturated heterocycles. The van der Waals surface area contributed by atoms with Crippen molar-refractivity contribution in [3.8, 4) is 10.4 Å². The van der Waals surface area contributed by atoms with Crippen LogP contribution in [0.5, 0.6) is 0 Å². The van der Waals surface area contributed by atoms with Crippen LogP contribution in [0.2, 0.25) is 0 Å². The number of nitrogen functional groups attached to an aromatic ring is 1. The molecule has 5 N–H and O–H groups in total. The Labute approximate surface area is 215 Å². The van der Waals surface area contributed by atoms with E-state index in [1.165, 1.54) is 0 Å². The molecule has 0 radical (unpaired) electrons. The van der Waals surface area contributed by atoms with E-state index in [0.717, 1.165) is 74.5 Å². The first kappa shape index (κ1) is 24.3. The van der Waals surface area contributed by atoms with E-state index in [2.05, 4.69) is 15.2 Å². The maximum Gasteiger partial charge on any atom is 0.314 e. The van der Waals surface area contributed by atoms with Crippen molar-refractivity contribution in [2.75, 3.05) is 43.8 Å². The van der Waals surface area contributed by atoms with Crippen molar-refractivity contribution in [1.82, 2.24) is 14.8 Å². The molecule has 9 heteroatoms. The number of carbonyl (C=O) groups is 2. The normalized spacial score (nSPS) is 20.1. The van der Waals surface area contributed by atoms with Crippen LogP contribution in [0.25, 0.3) is 10.4 Å². The molecule has 1 atom stereocenters. The maximum absolute atomic E-state index is 12.8. The number of primary amides is 1. The van der Waals surface area contributed by atoms with Crippen LogP contribution in [0.1, 0.15) is 35.3 Å². The quantitative estimate of drug-likeness (QED) is 0.438. The summed E-state index contributed by atoms with van der Waals surface area (Å²) in [5.74, 6) is -0.234. The topological polar surface area (TPSA) is 118 Å². The zero-order valence-corrected chi connectivity index (χ0v) is 21.1. The molecule has 2 aliphatic rings. The van der Waals surface area contributed by atoms with E-state index in [1.807, 2.05) is 47.8 Å². The highest BCUT2D eigenvalue weighted by Gasteiger charge is 2.42. The van der Waals surface area contributed by atoms with Crippen molar-refractivity contribution >= 4 is 34.6 Å². The molecule has 3 aromatic rings. The number of benzene rings is 1. The summed E-state index contributed by atoms with van der Waals surface area (Å²) in [7, 11) is 0. The molecule has 5 rings (SSSR count). The average Bonchev–Trinajstić information content (AvgIpc) is 3.56. The standard InChI is InChI=1S/C27H32N6O2S/c28-22-7-5-19(24-3-1-14-36-24)15-23(22)31-25(34)20-4-6-21(30-16-20)8-12-32-11-2-9-27(17-32)10-13-33(18-27)26(29)35/h1,3-7,14-16H,2,8-13,17-18,28H2,(H2,29,35)(H,31,34). The van der Waals surface area contributed by atoms with Crippen LogP contribution in [0.4, 0.5) is 16.2 Å². The summed E-state index contributed by atoms with van der Waals surface area (Å²) < 4.78 is 0. The maximum atomic E-state index is 12.8. The number of rotatable bonds is 6. The summed E-state index contributed by atoms with van der Waals surface area (Å²) in [5, 5.41) is 4.95. The number of carbonyl (C=O) groups excluding carboxylic acids is 2. The SMILES string of the molecule is NC(=O)N1CCC2(CCCN(CCc3ccc(C(=O)Nc4cc(-c5cccs5)ccc4N)cn3)C2)C1. The Kier molecular flexibility index (Phi) is 6.93. The van der Waals surface area contributed by atoms with Crippen LogP contribution in [0, 0.1) is 5.41 Å². The molecule has 2 aromatic heterocycles. The number of likely N-dealkylation sites (tertiary alicyclic amines) is 2. The largest absolute Gasteiger partial charge is 0.397 e. The molecular formula is C27H32N6O2S. The molecule has 1 spiro atoms. The van der Waals surface area contributed by atoms with Gasteiger partial charge in [0.25, 0.3) is 5.91 Å². The number of anilines is 2. The lowest BCUT2D eigenvalue weighted by Crippen LogP contribution is -2.46. The Morgan fingerprint density at radius 1 is 1.11 bits per heavy atom. The first-order valence-electron chi connectivity index (χ1n) is 12.4. The Bertz CT molecular complexity index is 1230. The highest BCUT2D eigenvalue weighted by atomic mass is 32.1. The van der Waals surface area contributed by atoms with Gasteiger partial charge < -0.3 is 26.6 Å². The van der Waals surface area contributed by atoms with Gasteiger partial charge in [0.15, 0.2) is 0 Å². The number of pyridine rings is 1. The summed E-state index contributed by atoms with van der Waals surface area (Å²) in [4.78, 5) is 34.3. The number of thiophene rings is 1. The van der Waals surface area contributed by atoms with Crippen LogP contribution < -0.4 is 16.8 Å². The minimum Gasteiger partial charge on any atom is -0.397 e.